The molecule has 0 radical (unpaired) electrons. The molecule has 0 atom stereocenters. The van der Waals surface area contributed by atoms with Crippen LogP contribution in [-0.2, 0) is 0 Å². The van der Waals surface area contributed by atoms with Gasteiger partial charge in [0.2, 0.25) is 0 Å². The number of para-hydroxylation sites is 2. The highest BCUT2D eigenvalue weighted by Crippen LogP contribution is 1.96. The van der Waals surface area contributed by atoms with Crippen LogP contribution in [0, 0.1) is 0 Å². The van der Waals surface area contributed by atoms with Crippen molar-refractivity contribution in [1.29, 1.82) is 0 Å². The molecule has 0 fully saturated rings. The maximum absolute atomic E-state index is 7.31. The van der Waals surface area contributed by atoms with Gasteiger partial charge in [0.15, 0.2) is 2.82 Å². The van der Waals surface area contributed by atoms with E-state index >= 15 is 0 Å². The van der Waals surface area contributed by atoms with Crippen molar-refractivity contribution in [1.82, 2.24) is 0 Å². The zero-order valence-corrected chi connectivity index (χ0v) is 7.02. The molecule has 2 aromatic rings. The summed E-state index contributed by atoms with van der Waals surface area (Å²) < 4.78 is 86.0. The molecule has 2 aromatic carbocycles. The van der Waals surface area contributed by atoms with Crippen molar-refractivity contribution in [2.45, 2.75) is 0 Å². The average molecular weight is 198 g/mol. The summed E-state index contributed by atoms with van der Waals surface area (Å²) in [6.07, 6.45) is 0. The molecule has 0 amide bonds. The predicted octanol–water partition coefficient (Wildman–Crippen LogP) is 2.54. The Morgan fingerprint density at radius 2 is 1.21 bits per heavy atom. The number of benzene rings is 2. The predicted molar refractivity (Wildman–Crippen MR) is 61.7 cm³/mol. The van der Waals surface area contributed by atoms with Gasteiger partial charge in [-0.05, 0) is 24.2 Å². The Morgan fingerprint density at radius 1 is 0.786 bits per heavy atom. The van der Waals surface area contributed by atoms with Gasteiger partial charge in [-0.3, -0.25) is 0 Å². The van der Waals surface area contributed by atoms with Gasteiger partial charge in [-0.15, -0.1) is 0 Å². The molecule has 14 heavy (non-hydrogen) atoms. The molecule has 2 rings (SSSR count). The topological polar surface area (TPSA) is 52.0 Å². The molecule has 0 saturated carbocycles. The molecule has 0 aliphatic rings. The molecule has 2 heteroatoms. The Morgan fingerprint density at radius 3 is 1.64 bits per heavy atom. The van der Waals surface area contributed by atoms with Gasteiger partial charge < -0.3 is 11.5 Å². The quantitative estimate of drug-likeness (QED) is 0.692. The van der Waals surface area contributed by atoms with Gasteiger partial charge in [-0.25, -0.2) is 0 Å². The highest BCUT2D eigenvalue weighted by molar-refractivity contribution is 5.36. The third kappa shape index (κ3) is 4.16. The Hall–Kier alpha value is -1.96. The molecule has 0 aromatic heterocycles. The average Bonchev–Trinajstić information content (AvgIpc) is 2.60. The lowest BCUT2D eigenvalue weighted by molar-refractivity contribution is 1.69. The van der Waals surface area contributed by atoms with E-state index in [9.17, 15) is 0 Å². The van der Waals surface area contributed by atoms with Gasteiger partial charge in [-0.1, -0.05) is 36.3 Å². The zero-order chi connectivity index (χ0) is 20.5. The first-order valence-electron chi connectivity index (χ1n) is 9.41. The summed E-state index contributed by atoms with van der Waals surface area (Å²) in [6, 6.07) is -4.58. The Labute approximate surface area is 101 Å². The summed E-state index contributed by atoms with van der Waals surface area (Å²) in [5.41, 5.74) is 4.61. The van der Waals surface area contributed by atoms with Crippen LogP contribution in [-0.4, -0.2) is 0 Å². The van der Waals surface area contributed by atoms with E-state index in [1.165, 1.54) is 0 Å². The lowest BCUT2D eigenvalue weighted by Crippen LogP contribution is -1.79. The van der Waals surface area contributed by atoms with Crippen LogP contribution in [0.15, 0.2) is 60.4 Å². The van der Waals surface area contributed by atoms with Crippen LogP contribution in [0.4, 0.5) is 11.4 Å². The van der Waals surface area contributed by atoms with E-state index in [4.69, 9.17) is 22.3 Å². The van der Waals surface area contributed by atoms with E-state index in [-0.39, 0.29) is 23.5 Å². The van der Waals surface area contributed by atoms with Crippen molar-refractivity contribution in [3.8, 4) is 0 Å². The van der Waals surface area contributed by atoms with E-state index in [0.29, 0.717) is 0 Å². The molecule has 72 valence electrons. The molecule has 0 aliphatic heterocycles. The van der Waals surface area contributed by atoms with Crippen LogP contribution >= 0.6 is 0 Å². The second kappa shape index (κ2) is 5.65. The largest absolute Gasteiger partial charge is 0.399 e. The maximum atomic E-state index is 7.31. The number of hydrogen-bond acceptors (Lipinski definition) is 2. The Bertz CT molecular complexity index is 717. The second-order valence-corrected chi connectivity index (χ2v) is 2.01. The third-order valence-electron chi connectivity index (χ3n) is 1.01. The SMILES string of the molecule is [2H]c1c([2H])c([2H])c(N([2H])[2H])c([2H])c1[2H].[2H]c1c([2H])c([2H])c(N)c([2H])c1[2H]. The molecule has 0 unspecified atom stereocenters. The maximum Gasteiger partial charge on any atom is 0.156 e. The highest BCUT2D eigenvalue weighted by atomic mass is 14.5. The van der Waals surface area contributed by atoms with Crippen LogP contribution in [0.1, 0.15) is 13.7 Å². The van der Waals surface area contributed by atoms with Crippen LogP contribution in [0.2, 0.25) is 2.82 Å². The van der Waals surface area contributed by atoms with Gasteiger partial charge in [0, 0.05) is 11.4 Å². The van der Waals surface area contributed by atoms with Crippen LogP contribution < -0.4 is 11.5 Å². The van der Waals surface area contributed by atoms with Crippen molar-refractivity contribution >= 4 is 11.4 Å². The monoisotopic (exact) mass is 198 g/mol. The molecular formula is C12H14N2. The molecule has 0 bridgehead atoms. The Kier molecular flexibility index (Phi) is 1.02. The van der Waals surface area contributed by atoms with Crippen LogP contribution in [0.25, 0.3) is 0 Å². The number of nitrogen functional groups attached to an aromatic ring is 2. The molecule has 2 nitrogen and oxygen atoms in total. The van der Waals surface area contributed by atoms with Crippen LogP contribution in [0.5, 0.6) is 0 Å². The molecular weight excluding hydrogens is 172 g/mol. The highest BCUT2D eigenvalue weighted by Gasteiger charge is 1.72. The fraction of sp³-hybridized carbons (Fsp3) is 0. The zero-order valence-electron chi connectivity index (χ0n) is 19.0. The van der Waals surface area contributed by atoms with E-state index in [2.05, 4.69) is 0 Å². The number of rotatable bonds is 1. The minimum Gasteiger partial charge on any atom is -0.399 e. The Balaban J connectivity index is 0.000000263. The van der Waals surface area contributed by atoms with E-state index in [1.54, 1.807) is 0 Å². The summed E-state index contributed by atoms with van der Waals surface area (Å²) in [7, 11) is 0. The van der Waals surface area contributed by atoms with Crippen molar-refractivity contribution in [2.75, 3.05) is 11.5 Å². The van der Waals surface area contributed by atoms with Gasteiger partial charge in [-0.2, -0.15) is 0 Å². The first kappa shape index (κ1) is 2.54. The normalized spacial score (nSPS) is 20.3. The fourth-order valence-electron chi connectivity index (χ4n) is 0.503. The molecule has 4 N–H and O–H groups in total. The minimum absolute atomic E-state index is 0.0141. The molecule has 0 aliphatic carbocycles. The van der Waals surface area contributed by atoms with Crippen molar-refractivity contribution in [3.63, 3.8) is 0 Å². The van der Waals surface area contributed by atoms with Crippen LogP contribution in [0.3, 0.4) is 0 Å². The van der Waals surface area contributed by atoms with Gasteiger partial charge in [0.05, 0.1) is 13.7 Å². The lowest BCUT2D eigenvalue weighted by Gasteiger charge is -1.83. The van der Waals surface area contributed by atoms with E-state index < -0.39 is 54.0 Å². The number of anilines is 2. The standard InChI is InChI=1S/2C6H7N/c2*7-6-4-2-1-3-5-6/h2*1-5H,7H2/i2*1D,2D,3D,4D,5D/hD2. The fourth-order valence-corrected chi connectivity index (χ4v) is 0.503. The van der Waals surface area contributed by atoms with Gasteiger partial charge in [0.1, 0.15) is 0 Å². The summed E-state index contributed by atoms with van der Waals surface area (Å²) in [5, 5.41) is 0. The number of hydrogen-bond donors (Lipinski definition) is 2. The first-order chi connectivity index (χ1) is 11.8. The first-order valence-corrected chi connectivity index (χ1v) is 3.51. The van der Waals surface area contributed by atoms with Crippen molar-refractivity contribution in [3.05, 3.63) is 60.4 Å². The third-order valence-corrected chi connectivity index (χ3v) is 1.01. The lowest BCUT2D eigenvalue weighted by atomic mass is 10.3. The molecule has 0 spiro atoms. The minimum atomic E-state index is -0.541. The van der Waals surface area contributed by atoms with E-state index in [1.807, 2.05) is 0 Å². The smallest absolute Gasteiger partial charge is 0.156 e. The van der Waals surface area contributed by atoms with Gasteiger partial charge in [0.25, 0.3) is 0 Å². The summed E-state index contributed by atoms with van der Waals surface area (Å²) in [5.74, 6) is 0. The molecule has 0 heterocycles. The van der Waals surface area contributed by atoms with Crippen molar-refractivity contribution < 1.29 is 16.5 Å². The summed E-state index contributed by atoms with van der Waals surface area (Å²) in [6.45, 7) is 0. The number of nitrogens with two attached hydrogens (primary N) is 2. The summed E-state index contributed by atoms with van der Waals surface area (Å²) >= 11 is 0. The van der Waals surface area contributed by atoms with E-state index in [0.717, 1.165) is 0 Å². The van der Waals surface area contributed by atoms with Crippen molar-refractivity contribution in [2.24, 2.45) is 0 Å². The second-order valence-electron chi connectivity index (χ2n) is 2.01. The van der Waals surface area contributed by atoms with Gasteiger partial charge >= 0.3 is 0 Å². The molecule has 0 saturated heterocycles. The summed E-state index contributed by atoms with van der Waals surface area (Å²) in [4.78, 5) is 0.